The van der Waals surface area contributed by atoms with E-state index in [0.29, 0.717) is 0 Å². The minimum atomic E-state index is 0.140. The zero-order valence-corrected chi connectivity index (χ0v) is 10.9. The van der Waals surface area contributed by atoms with Crippen LogP contribution in [0.2, 0.25) is 0 Å². The van der Waals surface area contributed by atoms with Gasteiger partial charge >= 0.3 is 0 Å². The average molecular weight is 249 g/mol. The van der Waals surface area contributed by atoms with Crippen molar-refractivity contribution in [1.82, 2.24) is 8.75 Å². The molecule has 0 atom stereocenters. The molecule has 1 N–H and O–H groups in total. The lowest BCUT2D eigenvalue weighted by Gasteiger charge is -2.13. The SMILES string of the molecule is CNc1nsnc1-c1ccccc1OC(C)C. The van der Waals surface area contributed by atoms with Gasteiger partial charge in [0.15, 0.2) is 5.82 Å². The van der Waals surface area contributed by atoms with Crippen LogP contribution in [-0.4, -0.2) is 21.9 Å². The molecule has 0 aliphatic rings. The molecule has 2 aromatic rings. The van der Waals surface area contributed by atoms with Gasteiger partial charge in [-0.3, -0.25) is 0 Å². The minimum absolute atomic E-state index is 0.140. The molecule has 1 aromatic carbocycles. The summed E-state index contributed by atoms with van der Waals surface area (Å²) in [6.45, 7) is 4.02. The number of nitrogens with zero attached hydrogens (tertiary/aromatic N) is 2. The molecule has 0 saturated carbocycles. The molecule has 0 amide bonds. The molecule has 0 aliphatic carbocycles. The van der Waals surface area contributed by atoms with Crippen LogP contribution < -0.4 is 10.1 Å². The van der Waals surface area contributed by atoms with Crippen LogP contribution in [0.25, 0.3) is 11.3 Å². The molecular weight excluding hydrogens is 234 g/mol. The molecule has 0 aliphatic heterocycles. The monoisotopic (exact) mass is 249 g/mol. The quantitative estimate of drug-likeness (QED) is 0.904. The smallest absolute Gasteiger partial charge is 0.168 e. The Balaban J connectivity index is 2.44. The normalized spacial score (nSPS) is 10.6. The van der Waals surface area contributed by atoms with Crippen molar-refractivity contribution in [3.63, 3.8) is 0 Å². The number of hydrogen-bond donors (Lipinski definition) is 1. The average Bonchev–Trinajstić information content (AvgIpc) is 2.77. The lowest BCUT2D eigenvalue weighted by atomic mass is 10.1. The highest BCUT2D eigenvalue weighted by molar-refractivity contribution is 6.99. The second-order valence-electron chi connectivity index (χ2n) is 3.87. The summed E-state index contributed by atoms with van der Waals surface area (Å²) >= 11 is 1.20. The summed E-state index contributed by atoms with van der Waals surface area (Å²) in [5.41, 5.74) is 1.81. The van der Waals surface area contributed by atoms with E-state index in [1.807, 2.05) is 45.2 Å². The lowest BCUT2D eigenvalue weighted by Crippen LogP contribution is -2.06. The lowest BCUT2D eigenvalue weighted by molar-refractivity contribution is 0.243. The number of rotatable bonds is 4. The molecule has 5 heteroatoms. The molecule has 1 aromatic heterocycles. The van der Waals surface area contributed by atoms with Gasteiger partial charge in [0.2, 0.25) is 0 Å². The summed E-state index contributed by atoms with van der Waals surface area (Å²) in [6, 6.07) is 7.88. The van der Waals surface area contributed by atoms with Gasteiger partial charge < -0.3 is 10.1 Å². The van der Waals surface area contributed by atoms with Crippen molar-refractivity contribution >= 4 is 17.5 Å². The fourth-order valence-corrected chi connectivity index (χ4v) is 2.11. The Morgan fingerprint density at radius 3 is 2.71 bits per heavy atom. The minimum Gasteiger partial charge on any atom is -0.490 e. The zero-order valence-electron chi connectivity index (χ0n) is 10.1. The maximum absolute atomic E-state index is 5.78. The van der Waals surface area contributed by atoms with Crippen molar-refractivity contribution in [2.75, 3.05) is 12.4 Å². The van der Waals surface area contributed by atoms with Crippen molar-refractivity contribution in [2.24, 2.45) is 0 Å². The third-order valence-corrected chi connectivity index (χ3v) is 2.76. The molecule has 1 heterocycles. The van der Waals surface area contributed by atoms with Gasteiger partial charge in [0.05, 0.1) is 17.8 Å². The summed E-state index contributed by atoms with van der Waals surface area (Å²) < 4.78 is 14.3. The first-order valence-corrected chi connectivity index (χ1v) is 6.21. The van der Waals surface area contributed by atoms with Crippen LogP contribution in [0.3, 0.4) is 0 Å². The summed E-state index contributed by atoms with van der Waals surface area (Å²) in [5, 5.41) is 3.04. The van der Waals surface area contributed by atoms with Gasteiger partial charge in [0.25, 0.3) is 0 Å². The van der Waals surface area contributed by atoms with Gasteiger partial charge in [0.1, 0.15) is 11.4 Å². The van der Waals surface area contributed by atoms with E-state index >= 15 is 0 Å². The number of benzene rings is 1. The third-order valence-electron chi connectivity index (χ3n) is 2.23. The summed E-state index contributed by atoms with van der Waals surface area (Å²) in [7, 11) is 1.84. The van der Waals surface area contributed by atoms with Crippen LogP contribution in [0.5, 0.6) is 5.75 Å². The second-order valence-corrected chi connectivity index (χ2v) is 4.40. The van der Waals surface area contributed by atoms with Crippen LogP contribution in [0, 0.1) is 0 Å². The van der Waals surface area contributed by atoms with Crippen LogP contribution in [0.1, 0.15) is 13.8 Å². The zero-order chi connectivity index (χ0) is 12.3. The van der Waals surface area contributed by atoms with Gasteiger partial charge in [-0.25, -0.2) is 0 Å². The number of aromatic nitrogens is 2. The highest BCUT2D eigenvalue weighted by Gasteiger charge is 2.14. The Bertz CT molecular complexity index is 496. The number of nitrogens with one attached hydrogen (secondary N) is 1. The number of para-hydroxylation sites is 1. The largest absolute Gasteiger partial charge is 0.490 e. The van der Waals surface area contributed by atoms with Gasteiger partial charge in [-0.1, -0.05) is 12.1 Å². The van der Waals surface area contributed by atoms with Crippen molar-refractivity contribution in [3.05, 3.63) is 24.3 Å². The first-order chi connectivity index (χ1) is 8.22. The Labute approximate surface area is 105 Å². The van der Waals surface area contributed by atoms with E-state index < -0.39 is 0 Å². The molecule has 0 fully saturated rings. The van der Waals surface area contributed by atoms with Gasteiger partial charge in [-0.15, -0.1) is 0 Å². The summed E-state index contributed by atoms with van der Waals surface area (Å²) in [6.07, 6.45) is 0.140. The first-order valence-electron chi connectivity index (χ1n) is 5.48. The molecule has 0 unspecified atom stereocenters. The van der Waals surface area contributed by atoms with Crippen LogP contribution in [-0.2, 0) is 0 Å². The first kappa shape index (κ1) is 11.9. The van der Waals surface area contributed by atoms with Gasteiger partial charge in [0, 0.05) is 12.6 Å². The van der Waals surface area contributed by atoms with Crippen LogP contribution >= 0.6 is 11.7 Å². The molecule has 4 nitrogen and oxygen atoms in total. The van der Waals surface area contributed by atoms with E-state index in [1.54, 1.807) is 0 Å². The number of anilines is 1. The van der Waals surface area contributed by atoms with Crippen LogP contribution in [0.15, 0.2) is 24.3 Å². The van der Waals surface area contributed by atoms with E-state index in [9.17, 15) is 0 Å². The van der Waals surface area contributed by atoms with E-state index in [2.05, 4.69) is 14.1 Å². The van der Waals surface area contributed by atoms with E-state index in [4.69, 9.17) is 4.74 Å². The fraction of sp³-hybridized carbons (Fsp3) is 0.333. The van der Waals surface area contributed by atoms with Crippen LogP contribution in [0.4, 0.5) is 5.82 Å². The van der Waals surface area contributed by atoms with Crippen molar-refractivity contribution in [1.29, 1.82) is 0 Å². The second kappa shape index (κ2) is 5.14. The maximum Gasteiger partial charge on any atom is 0.168 e. The maximum atomic E-state index is 5.78. The predicted molar refractivity (Wildman–Crippen MR) is 70.7 cm³/mol. The highest BCUT2D eigenvalue weighted by Crippen LogP contribution is 2.33. The third kappa shape index (κ3) is 2.55. The van der Waals surface area contributed by atoms with Gasteiger partial charge in [-0.2, -0.15) is 8.75 Å². The van der Waals surface area contributed by atoms with E-state index in [0.717, 1.165) is 22.8 Å². The molecule has 2 rings (SSSR count). The Morgan fingerprint density at radius 2 is 2.00 bits per heavy atom. The molecule has 0 bridgehead atoms. The predicted octanol–water partition coefficient (Wildman–Crippen LogP) is 3.03. The Kier molecular flexibility index (Phi) is 3.58. The number of hydrogen-bond acceptors (Lipinski definition) is 5. The van der Waals surface area contributed by atoms with Gasteiger partial charge in [-0.05, 0) is 26.0 Å². The number of ether oxygens (including phenoxy) is 1. The fourth-order valence-electron chi connectivity index (χ4n) is 1.55. The summed E-state index contributed by atoms with van der Waals surface area (Å²) in [4.78, 5) is 0. The highest BCUT2D eigenvalue weighted by atomic mass is 32.1. The molecule has 0 radical (unpaired) electrons. The van der Waals surface area contributed by atoms with Crippen molar-refractivity contribution < 1.29 is 4.74 Å². The molecule has 0 spiro atoms. The van der Waals surface area contributed by atoms with E-state index in [-0.39, 0.29) is 6.10 Å². The molecule has 17 heavy (non-hydrogen) atoms. The standard InChI is InChI=1S/C12H15N3OS/c1-8(2)16-10-7-5-4-6-9(10)11-12(13-3)15-17-14-11/h4-8H,1-3H3,(H,13,15). The summed E-state index contributed by atoms with van der Waals surface area (Å²) in [5.74, 6) is 1.63. The molecular formula is C12H15N3OS. The Morgan fingerprint density at radius 1 is 1.24 bits per heavy atom. The van der Waals surface area contributed by atoms with Crippen molar-refractivity contribution in [3.8, 4) is 17.0 Å². The Hall–Kier alpha value is -1.62. The van der Waals surface area contributed by atoms with E-state index in [1.165, 1.54) is 11.7 Å². The molecule has 0 saturated heterocycles. The van der Waals surface area contributed by atoms with Crippen molar-refractivity contribution in [2.45, 2.75) is 20.0 Å². The topological polar surface area (TPSA) is 47.0 Å². The molecule has 90 valence electrons.